The highest BCUT2D eigenvalue weighted by Crippen LogP contribution is 2.47. The molecule has 2 aliphatic carbocycles. The fraction of sp³-hybridized carbons (Fsp3) is 0.190. The topological polar surface area (TPSA) is 31.4 Å². The zero-order valence-corrected chi connectivity index (χ0v) is 13.5. The number of nitrogens with zero attached hydrogens (tertiary/aromatic N) is 1. The molecule has 118 valence electrons. The largest absolute Gasteiger partial charge is 0.454 e. The lowest BCUT2D eigenvalue weighted by molar-refractivity contribution is 0.174. The Morgan fingerprint density at radius 1 is 1.17 bits per heavy atom. The third-order valence-corrected chi connectivity index (χ3v) is 4.83. The van der Waals surface area contributed by atoms with Crippen molar-refractivity contribution < 1.29 is 9.47 Å². The number of benzene rings is 1. The molecular weight excluding hydrogens is 298 g/mol. The first kappa shape index (κ1) is 13.6. The van der Waals surface area contributed by atoms with E-state index in [2.05, 4.69) is 42.3 Å². The third-order valence-electron chi connectivity index (χ3n) is 4.83. The lowest BCUT2D eigenvalue weighted by Gasteiger charge is -2.15. The van der Waals surface area contributed by atoms with Crippen molar-refractivity contribution in [1.29, 1.82) is 0 Å². The second-order valence-corrected chi connectivity index (χ2v) is 6.50. The van der Waals surface area contributed by atoms with Crippen molar-refractivity contribution in [3.05, 3.63) is 71.1 Å². The van der Waals surface area contributed by atoms with Crippen LogP contribution in [0.1, 0.15) is 30.2 Å². The van der Waals surface area contributed by atoms with E-state index < -0.39 is 0 Å². The van der Waals surface area contributed by atoms with Crippen LogP contribution in [0.3, 0.4) is 0 Å². The highest BCUT2D eigenvalue weighted by atomic mass is 16.7. The van der Waals surface area contributed by atoms with Gasteiger partial charge in [-0.3, -0.25) is 4.98 Å². The molecule has 5 rings (SSSR count). The minimum Gasteiger partial charge on any atom is -0.454 e. The van der Waals surface area contributed by atoms with Gasteiger partial charge in [0.1, 0.15) is 0 Å². The Morgan fingerprint density at radius 3 is 3.04 bits per heavy atom. The van der Waals surface area contributed by atoms with Gasteiger partial charge in [-0.05, 0) is 53.3 Å². The highest BCUT2D eigenvalue weighted by molar-refractivity contribution is 6.07. The normalized spacial score (nSPS) is 22.0. The number of fused-ring (bicyclic) bond motifs is 3. The molecule has 3 nitrogen and oxygen atoms in total. The summed E-state index contributed by atoms with van der Waals surface area (Å²) in [5, 5.41) is 0. The van der Waals surface area contributed by atoms with Gasteiger partial charge in [-0.1, -0.05) is 31.2 Å². The SMILES string of the molecule is CC1C=CC2=C(C1)C(=Cc1ccc3c(c1)OCO3)c1cccnc12. The number of hydrogen-bond donors (Lipinski definition) is 0. The van der Waals surface area contributed by atoms with Crippen molar-refractivity contribution in [1.82, 2.24) is 4.98 Å². The van der Waals surface area contributed by atoms with Gasteiger partial charge in [0.15, 0.2) is 11.5 Å². The molecule has 1 unspecified atom stereocenters. The Hall–Kier alpha value is -2.81. The third kappa shape index (κ3) is 2.01. The average Bonchev–Trinajstić information content (AvgIpc) is 3.18. The van der Waals surface area contributed by atoms with E-state index in [0.29, 0.717) is 12.7 Å². The molecule has 0 N–H and O–H groups in total. The minimum atomic E-state index is 0.305. The van der Waals surface area contributed by atoms with Crippen LogP contribution < -0.4 is 9.47 Å². The maximum Gasteiger partial charge on any atom is 0.231 e. The molecule has 24 heavy (non-hydrogen) atoms. The Labute approximate surface area is 140 Å². The average molecular weight is 315 g/mol. The molecule has 1 aliphatic heterocycles. The van der Waals surface area contributed by atoms with Crippen LogP contribution in [0.15, 0.2) is 54.3 Å². The zero-order valence-electron chi connectivity index (χ0n) is 13.5. The Bertz CT molecular complexity index is 937. The van der Waals surface area contributed by atoms with Crippen LogP contribution >= 0.6 is 0 Å². The molecule has 2 aromatic rings. The Morgan fingerprint density at radius 2 is 2.08 bits per heavy atom. The van der Waals surface area contributed by atoms with Gasteiger partial charge in [-0.2, -0.15) is 0 Å². The van der Waals surface area contributed by atoms with E-state index in [1.54, 1.807) is 0 Å². The first-order valence-electron chi connectivity index (χ1n) is 8.28. The molecule has 0 amide bonds. The van der Waals surface area contributed by atoms with Gasteiger partial charge in [0.2, 0.25) is 6.79 Å². The summed E-state index contributed by atoms with van der Waals surface area (Å²) in [4.78, 5) is 4.62. The molecule has 0 saturated carbocycles. The number of rotatable bonds is 1. The molecule has 1 atom stereocenters. The number of aromatic nitrogens is 1. The molecule has 0 radical (unpaired) electrons. The van der Waals surface area contributed by atoms with Gasteiger partial charge >= 0.3 is 0 Å². The Kier molecular flexibility index (Phi) is 2.89. The molecular formula is C21H17NO2. The second kappa shape index (κ2) is 5.10. The molecule has 3 aliphatic rings. The molecule has 1 aromatic heterocycles. The van der Waals surface area contributed by atoms with Gasteiger partial charge in [0, 0.05) is 17.3 Å². The van der Waals surface area contributed by atoms with E-state index in [9.17, 15) is 0 Å². The quantitative estimate of drug-likeness (QED) is 0.763. The van der Waals surface area contributed by atoms with Crippen molar-refractivity contribution in [2.24, 2.45) is 5.92 Å². The van der Waals surface area contributed by atoms with Crippen molar-refractivity contribution >= 4 is 17.2 Å². The van der Waals surface area contributed by atoms with Crippen molar-refractivity contribution in [3.63, 3.8) is 0 Å². The van der Waals surface area contributed by atoms with Crippen LogP contribution in [0.5, 0.6) is 11.5 Å². The number of hydrogen-bond acceptors (Lipinski definition) is 3. The van der Waals surface area contributed by atoms with Crippen molar-refractivity contribution in [3.8, 4) is 11.5 Å². The summed E-state index contributed by atoms with van der Waals surface area (Å²) in [5.41, 5.74) is 7.40. The lowest BCUT2D eigenvalue weighted by Crippen LogP contribution is -1.98. The standard InChI is InChI=1S/C21H17NO2/c1-13-4-6-16-17(9-13)18(15-3-2-8-22-21(15)16)10-14-5-7-19-20(11-14)24-12-23-19/h2-8,10-11,13H,9,12H2,1H3. The van der Waals surface area contributed by atoms with Gasteiger partial charge in [0.05, 0.1) is 5.69 Å². The fourth-order valence-electron chi connectivity index (χ4n) is 3.67. The minimum absolute atomic E-state index is 0.305. The number of pyridine rings is 1. The molecule has 2 heterocycles. The fourth-order valence-corrected chi connectivity index (χ4v) is 3.67. The predicted molar refractivity (Wildman–Crippen MR) is 94.5 cm³/mol. The van der Waals surface area contributed by atoms with Crippen LogP contribution in [-0.4, -0.2) is 11.8 Å². The summed E-state index contributed by atoms with van der Waals surface area (Å²) in [7, 11) is 0. The number of allylic oxidation sites excluding steroid dienone is 5. The van der Waals surface area contributed by atoms with Crippen molar-refractivity contribution in [2.45, 2.75) is 13.3 Å². The first-order valence-corrected chi connectivity index (χ1v) is 8.28. The van der Waals surface area contributed by atoms with E-state index in [-0.39, 0.29) is 0 Å². The Balaban J connectivity index is 1.66. The molecule has 3 heteroatoms. The van der Waals surface area contributed by atoms with Gasteiger partial charge in [0.25, 0.3) is 0 Å². The van der Waals surface area contributed by atoms with E-state index in [4.69, 9.17) is 9.47 Å². The van der Waals surface area contributed by atoms with Crippen LogP contribution in [-0.2, 0) is 0 Å². The zero-order chi connectivity index (χ0) is 16.1. The summed E-state index contributed by atoms with van der Waals surface area (Å²) in [6.45, 7) is 2.56. The first-order chi connectivity index (χ1) is 11.8. The van der Waals surface area contributed by atoms with Crippen LogP contribution in [0.25, 0.3) is 17.2 Å². The van der Waals surface area contributed by atoms with Gasteiger partial charge in [-0.15, -0.1) is 0 Å². The van der Waals surface area contributed by atoms with Crippen LogP contribution in [0, 0.1) is 5.92 Å². The summed E-state index contributed by atoms with van der Waals surface area (Å²) in [5.74, 6) is 2.19. The molecule has 0 bridgehead atoms. The van der Waals surface area contributed by atoms with E-state index in [1.807, 2.05) is 24.4 Å². The van der Waals surface area contributed by atoms with Gasteiger partial charge < -0.3 is 9.47 Å². The maximum absolute atomic E-state index is 5.51. The summed E-state index contributed by atoms with van der Waals surface area (Å²) in [6.07, 6.45) is 9.69. The van der Waals surface area contributed by atoms with Crippen molar-refractivity contribution in [2.75, 3.05) is 6.79 Å². The molecule has 0 fully saturated rings. The summed E-state index contributed by atoms with van der Waals surface area (Å²) in [6, 6.07) is 10.3. The predicted octanol–water partition coefficient (Wildman–Crippen LogP) is 4.71. The smallest absolute Gasteiger partial charge is 0.231 e. The van der Waals surface area contributed by atoms with Crippen LogP contribution in [0.2, 0.25) is 0 Å². The molecule has 0 saturated heterocycles. The molecule has 1 aromatic carbocycles. The van der Waals surface area contributed by atoms with Gasteiger partial charge in [-0.25, -0.2) is 0 Å². The van der Waals surface area contributed by atoms with Crippen LogP contribution in [0.4, 0.5) is 0 Å². The van der Waals surface area contributed by atoms with E-state index >= 15 is 0 Å². The maximum atomic E-state index is 5.51. The summed E-state index contributed by atoms with van der Waals surface area (Å²) < 4.78 is 10.9. The lowest BCUT2D eigenvalue weighted by atomic mass is 9.89. The second-order valence-electron chi connectivity index (χ2n) is 6.50. The monoisotopic (exact) mass is 315 g/mol. The highest BCUT2D eigenvalue weighted by Gasteiger charge is 2.28. The number of ether oxygens (including phenoxy) is 2. The van der Waals surface area contributed by atoms with E-state index in [0.717, 1.165) is 29.2 Å². The summed E-state index contributed by atoms with van der Waals surface area (Å²) >= 11 is 0. The molecule has 0 spiro atoms. The van der Waals surface area contributed by atoms with E-state index in [1.165, 1.54) is 22.3 Å².